The van der Waals surface area contributed by atoms with Crippen LogP contribution in [0.2, 0.25) is 0 Å². The third kappa shape index (κ3) is 3.22. The average Bonchev–Trinajstić information content (AvgIpc) is 2.65. The number of hydrogen-bond acceptors (Lipinski definition) is 5. The number of nitrogen functional groups attached to an aromatic ring is 1. The van der Waals surface area contributed by atoms with Crippen molar-refractivity contribution in [1.29, 1.82) is 0 Å². The first-order chi connectivity index (χ1) is 12.6. The monoisotopic (exact) mass is 413 g/mol. The normalized spacial score (nSPS) is 13.4. The van der Waals surface area contributed by atoms with Gasteiger partial charge in [0.15, 0.2) is 11.6 Å². The summed E-state index contributed by atoms with van der Waals surface area (Å²) in [7, 11) is 0. The van der Waals surface area contributed by atoms with Crippen LogP contribution >= 0.6 is 15.9 Å². The van der Waals surface area contributed by atoms with Crippen molar-refractivity contribution < 1.29 is 4.39 Å². The molecule has 2 aromatic carbocycles. The zero-order valence-corrected chi connectivity index (χ0v) is 15.5. The number of hydrogen-bond donors (Lipinski definition) is 2. The maximum absolute atomic E-state index is 14.1. The molecule has 0 fully saturated rings. The summed E-state index contributed by atoms with van der Waals surface area (Å²) < 4.78 is 14.8. The van der Waals surface area contributed by atoms with Crippen LogP contribution in [0.3, 0.4) is 0 Å². The summed E-state index contributed by atoms with van der Waals surface area (Å²) in [6.07, 6.45) is 2.38. The Morgan fingerprint density at radius 2 is 1.92 bits per heavy atom. The molecule has 0 radical (unpaired) electrons. The van der Waals surface area contributed by atoms with E-state index in [4.69, 9.17) is 5.73 Å². The Bertz CT molecular complexity index is 962. The first-order valence-corrected chi connectivity index (χ1v) is 9.05. The van der Waals surface area contributed by atoms with E-state index in [1.165, 1.54) is 23.5 Å². The molecule has 1 aromatic heterocycles. The Hall–Kier alpha value is -2.67. The van der Waals surface area contributed by atoms with Gasteiger partial charge in [0.1, 0.15) is 17.8 Å². The third-order valence-corrected chi connectivity index (χ3v) is 4.97. The van der Waals surface area contributed by atoms with Gasteiger partial charge in [-0.05, 0) is 35.7 Å². The Morgan fingerprint density at radius 3 is 2.73 bits per heavy atom. The Kier molecular flexibility index (Phi) is 4.46. The number of nitrogens with two attached hydrogens (primary N) is 1. The molecule has 0 amide bonds. The molecule has 0 spiro atoms. The van der Waals surface area contributed by atoms with Gasteiger partial charge < -0.3 is 16.0 Å². The number of fused-ring (bicyclic) bond motifs is 1. The van der Waals surface area contributed by atoms with Crippen LogP contribution in [0.15, 0.2) is 53.3 Å². The second-order valence-corrected chi connectivity index (χ2v) is 7.06. The molecule has 0 atom stereocenters. The molecule has 7 heteroatoms. The van der Waals surface area contributed by atoms with Crippen LogP contribution in [0.25, 0.3) is 0 Å². The molecule has 26 heavy (non-hydrogen) atoms. The standard InChI is InChI=1S/C19H17BrFN5/c20-14-5-6-16(15(21)9-14)25-18-17(22)19(24-11-23-18)26-8-7-12-3-1-2-4-13(12)10-26/h1-6,9,11H,7-8,10,22H2,(H,23,24,25). The summed E-state index contributed by atoms with van der Waals surface area (Å²) in [5.74, 6) is 0.676. The van der Waals surface area contributed by atoms with Crippen molar-refractivity contribution >= 4 is 38.9 Å². The van der Waals surface area contributed by atoms with Gasteiger partial charge in [0.2, 0.25) is 0 Å². The molecule has 0 unspecified atom stereocenters. The molecule has 4 rings (SSSR count). The highest BCUT2D eigenvalue weighted by Crippen LogP contribution is 2.32. The van der Waals surface area contributed by atoms with E-state index in [-0.39, 0.29) is 5.82 Å². The van der Waals surface area contributed by atoms with Gasteiger partial charge in [0.25, 0.3) is 0 Å². The van der Waals surface area contributed by atoms with E-state index < -0.39 is 0 Å². The summed E-state index contributed by atoms with van der Waals surface area (Å²) in [5.41, 5.74) is 9.65. The highest BCUT2D eigenvalue weighted by atomic mass is 79.9. The number of aromatic nitrogens is 2. The molecule has 5 nitrogen and oxygen atoms in total. The van der Waals surface area contributed by atoms with Crippen molar-refractivity contribution in [2.45, 2.75) is 13.0 Å². The van der Waals surface area contributed by atoms with Gasteiger partial charge in [-0.2, -0.15) is 0 Å². The van der Waals surface area contributed by atoms with E-state index in [1.807, 2.05) is 6.07 Å². The predicted molar refractivity (Wildman–Crippen MR) is 105 cm³/mol. The summed E-state index contributed by atoms with van der Waals surface area (Å²) in [5, 5.41) is 2.97. The highest BCUT2D eigenvalue weighted by molar-refractivity contribution is 9.10. The topological polar surface area (TPSA) is 67.1 Å². The molecular weight excluding hydrogens is 397 g/mol. The van der Waals surface area contributed by atoms with Crippen molar-refractivity contribution in [2.75, 3.05) is 22.5 Å². The minimum absolute atomic E-state index is 0.313. The molecule has 0 saturated carbocycles. The first kappa shape index (κ1) is 16.8. The molecule has 0 bridgehead atoms. The molecule has 3 N–H and O–H groups in total. The molecule has 2 heterocycles. The molecule has 1 aliphatic rings. The summed E-state index contributed by atoms with van der Waals surface area (Å²) in [6.45, 7) is 1.56. The van der Waals surface area contributed by atoms with E-state index in [2.05, 4.69) is 54.3 Å². The Labute approximate surface area is 159 Å². The molecule has 3 aromatic rings. The van der Waals surface area contributed by atoms with Crippen LogP contribution in [-0.2, 0) is 13.0 Å². The number of nitrogens with one attached hydrogen (secondary N) is 1. The first-order valence-electron chi connectivity index (χ1n) is 8.26. The third-order valence-electron chi connectivity index (χ3n) is 4.48. The van der Waals surface area contributed by atoms with Gasteiger partial charge in [-0.15, -0.1) is 0 Å². The van der Waals surface area contributed by atoms with E-state index in [1.54, 1.807) is 12.1 Å². The van der Waals surface area contributed by atoms with E-state index >= 15 is 0 Å². The molecule has 1 aliphatic heterocycles. The largest absolute Gasteiger partial charge is 0.393 e. The van der Waals surface area contributed by atoms with Gasteiger partial charge in [-0.25, -0.2) is 14.4 Å². The molecular formula is C19H17BrFN5. The van der Waals surface area contributed by atoms with Crippen molar-refractivity contribution in [3.05, 3.63) is 70.2 Å². The summed E-state index contributed by atoms with van der Waals surface area (Å²) in [6, 6.07) is 13.1. The van der Waals surface area contributed by atoms with Crippen LogP contribution in [0.1, 0.15) is 11.1 Å². The number of halogens is 2. The van der Waals surface area contributed by atoms with Crippen LogP contribution < -0.4 is 16.0 Å². The second-order valence-electron chi connectivity index (χ2n) is 6.15. The van der Waals surface area contributed by atoms with Crippen LogP contribution in [0.5, 0.6) is 0 Å². The summed E-state index contributed by atoms with van der Waals surface area (Å²) >= 11 is 3.25. The van der Waals surface area contributed by atoms with Gasteiger partial charge in [0.05, 0.1) is 5.69 Å². The quantitative estimate of drug-likeness (QED) is 0.670. The lowest BCUT2D eigenvalue weighted by molar-refractivity contribution is 0.631. The van der Waals surface area contributed by atoms with Crippen molar-refractivity contribution in [1.82, 2.24) is 9.97 Å². The maximum atomic E-state index is 14.1. The smallest absolute Gasteiger partial charge is 0.159 e. The highest BCUT2D eigenvalue weighted by Gasteiger charge is 2.21. The fraction of sp³-hybridized carbons (Fsp3) is 0.158. The van der Waals surface area contributed by atoms with E-state index in [0.717, 1.165) is 19.5 Å². The maximum Gasteiger partial charge on any atom is 0.159 e. The minimum Gasteiger partial charge on any atom is -0.393 e. The van der Waals surface area contributed by atoms with Gasteiger partial charge in [-0.1, -0.05) is 40.2 Å². The number of nitrogens with zero attached hydrogens (tertiary/aromatic N) is 3. The fourth-order valence-corrected chi connectivity index (χ4v) is 3.47. The zero-order valence-electron chi connectivity index (χ0n) is 13.9. The average molecular weight is 414 g/mol. The van der Waals surface area contributed by atoms with Crippen LogP contribution in [-0.4, -0.2) is 16.5 Å². The molecule has 0 aliphatic carbocycles. The van der Waals surface area contributed by atoms with E-state index in [0.29, 0.717) is 27.5 Å². The number of benzene rings is 2. The fourth-order valence-electron chi connectivity index (χ4n) is 3.13. The Balaban J connectivity index is 1.62. The minimum atomic E-state index is -0.383. The zero-order chi connectivity index (χ0) is 18.1. The van der Waals surface area contributed by atoms with Crippen LogP contribution in [0.4, 0.5) is 27.4 Å². The van der Waals surface area contributed by atoms with Crippen molar-refractivity contribution in [2.24, 2.45) is 0 Å². The second kappa shape index (κ2) is 6.92. The van der Waals surface area contributed by atoms with Crippen molar-refractivity contribution in [3.63, 3.8) is 0 Å². The predicted octanol–water partition coefficient (Wildman–Crippen LogP) is 4.27. The number of rotatable bonds is 3. The molecule has 132 valence electrons. The van der Waals surface area contributed by atoms with Gasteiger partial charge in [-0.3, -0.25) is 0 Å². The summed E-state index contributed by atoms with van der Waals surface area (Å²) in [4.78, 5) is 10.7. The lowest BCUT2D eigenvalue weighted by Gasteiger charge is -2.30. The lowest BCUT2D eigenvalue weighted by atomic mass is 10.00. The van der Waals surface area contributed by atoms with Crippen molar-refractivity contribution in [3.8, 4) is 0 Å². The SMILES string of the molecule is Nc1c(Nc2ccc(Br)cc2F)ncnc1N1CCc2ccccc2C1. The number of anilines is 4. The van der Waals surface area contributed by atoms with Crippen LogP contribution in [0, 0.1) is 5.82 Å². The van der Waals surface area contributed by atoms with Gasteiger partial charge in [0, 0.05) is 17.6 Å². The Morgan fingerprint density at radius 1 is 1.12 bits per heavy atom. The van der Waals surface area contributed by atoms with E-state index in [9.17, 15) is 4.39 Å². The molecule has 0 saturated heterocycles. The lowest BCUT2D eigenvalue weighted by Crippen LogP contribution is -2.31. The van der Waals surface area contributed by atoms with Gasteiger partial charge >= 0.3 is 0 Å².